The summed E-state index contributed by atoms with van der Waals surface area (Å²) in [7, 11) is 0. The number of rotatable bonds is 4. The molecule has 19 heavy (non-hydrogen) atoms. The largest absolute Gasteiger partial charge is 0.492 e. The summed E-state index contributed by atoms with van der Waals surface area (Å²) in [6.45, 7) is 2.22. The van der Waals surface area contributed by atoms with Gasteiger partial charge >= 0.3 is 0 Å². The minimum atomic E-state index is 0.0258. The molecule has 1 aromatic rings. The minimum absolute atomic E-state index is 0.0258. The van der Waals surface area contributed by atoms with E-state index in [0.29, 0.717) is 28.9 Å². The smallest absolute Gasteiger partial charge is 0.170 e. The summed E-state index contributed by atoms with van der Waals surface area (Å²) < 4.78 is 11.0. The first-order valence-corrected chi connectivity index (χ1v) is 6.56. The zero-order chi connectivity index (χ0) is 13.7. The standard InChI is InChI=1S/C13H17ClN2O3/c14-11-7-10(13(15)16-17)1-2-12(11)19-8-9-3-5-18-6-4-9/h1-2,7,9,17H,3-6,8H2,(H2,15,16). The van der Waals surface area contributed by atoms with E-state index < -0.39 is 0 Å². The second-order valence-corrected chi connectivity index (χ2v) is 4.90. The first-order chi connectivity index (χ1) is 9.20. The predicted octanol–water partition coefficient (Wildman–Crippen LogP) is 2.24. The second kappa shape index (κ2) is 6.63. The van der Waals surface area contributed by atoms with Gasteiger partial charge in [0.05, 0.1) is 11.6 Å². The third-order valence-electron chi connectivity index (χ3n) is 3.15. The molecule has 1 aromatic carbocycles. The Bertz CT molecular complexity index is 459. The van der Waals surface area contributed by atoms with Crippen LogP contribution >= 0.6 is 11.6 Å². The molecule has 0 spiro atoms. The fraction of sp³-hybridized carbons (Fsp3) is 0.462. The third-order valence-corrected chi connectivity index (χ3v) is 3.45. The Labute approximate surface area is 116 Å². The molecule has 0 atom stereocenters. The van der Waals surface area contributed by atoms with Gasteiger partial charge in [0.2, 0.25) is 0 Å². The SMILES string of the molecule is NC(=NO)c1ccc(OCC2CCOCC2)c(Cl)c1. The van der Waals surface area contributed by atoms with Gasteiger partial charge in [-0.25, -0.2) is 0 Å². The molecule has 0 bridgehead atoms. The molecule has 1 aliphatic rings. The van der Waals surface area contributed by atoms with Crippen LogP contribution in [0.3, 0.4) is 0 Å². The fourth-order valence-electron chi connectivity index (χ4n) is 1.96. The molecule has 0 amide bonds. The molecule has 0 aliphatic carbocycles. The highest BCUT2D eigenvalue weighted by molar-refractivity contribution is 6.32. The quantitative estimate of drug-likeness (QED) is 0.385. The van der Waals surface area contributed by atoms with Crippen molar-refractivity contribution in [1.29, 1.82) is 0 Å². The van der Waals surface area contributed by atoms with E-state index in [0.717, 1.165) is 26.1 Å². The van der Waals surface area contributed by atoms with Gasteiger partial charge in [-0.1, -0.05) is 16.8 Å². The van der Waals surface area contributed by atoms with Gasteiger partial charge in [-0.05, 0) is 37.0 Å². The van der Waals surface area contributed by atoms with Crippen LogP contribution in [0.4, 0.5) is 0 Å². The van der Waals surface area contributed by atoms with E-state index in [1.165, 1.54) is 0 Å². The maximum atomic E-state index is 8.60. The van der Waals surface area contributed by atoms with Crippen molar-refractivity contribution in [2.75, 3.05) is 19.8 Å². The molecule has 0 radical (unpaired) electrons. The van der Waals surface area contributed by atoms with Gasteiger partial charge in [0.15, 0.2) is 5.84 Å². The second-order valence-electron chi connectivity index (χ2n) is 4.50. The highest BCUT2D eigenvalue weighted by Crippen LogP contribution is 2.27. The van der Waals surface area contributed by atoms with Crippen LogP contribution in [0.5, 0.6) is 5.75 Å². The van der Waals surface area contributed by atoms with Crippen LogP contribution in [0.25, 0.3) is 0 Å². The number of amidine groups is 1. The first kappa shape index (κ1) is 14.0. The molecule has 5 nitrogen and oxygen atoms in total. The van der Waals surface area contributed by atoms with E-state index in [-0.39, 0.29) is 5.84 Å². The number of hydrogen-bond acceptors (Lipinski definition) is 4. The number of halogens is 1. The summed E-state index contributed by atoms with van der Waals surface area (Å²) >= 11 is 6.11. The van der Waals surface area contributed by atoms with E-state index >= 15 is 0 Å². The van der Waals surface area contributed by atoms with Crippen molar-refractivity contribution in [1.82, 2.24) is 0 Å². The number of ether oxygens (including phenoxy) is 2. The molecule has 0 aromatic heterocycles. The molecule has 3 N–H and O–H groups in total. The Morgan fingerprint density at radius 3 is 2.84 bits per heavy atom. The summed E-state index contributed by atoms with van der Waals surface area (Å²) in [6, 6.07) is 5.06. The van der Waals surface area contributed by atoms with Crippen LogP contribution in [-0.2, 0) is 4.74 Å². The van der Waals surface area contributed by atoms with Crippen LogP contribution in [-0.4, -0.2) is 30.9 Å². The average molecular weight is 285 g/mol. The van der Waals surface area contributed by atoms with Crippen LogP contribution in [0.2, 0.25) is 5.02 Å². The third kappa shape index (κ3) is 3.75. The molecular weight excluding hydrogens is 268 g/mol. The first-order valence-electron chi connectivity index (χ1n) is 6.18. The van der Waals surface area contributed by atoms with Gasteiger partial charge in [-0.15, -0.1) is 0 Å². The van der Waals surface area contributed by atoms with Gasteiger partial charge in [0.25, 0.3) is 0 Å². The van der Waals surface area contributed by atoms with Gasteiger partial charge in [-0.2, -0.15) is 0 Å². The topological polar surface area (TPSA) is 77.1 Å². The van der Waals surface area contributed by atoms with Crippen molar-refractivity contribution in [3.8, 4) is 5.75 Å². The van der Waals surface area contributed by atoms with E-state index in [1.807, 2.05) is 0 Å². The van der Waals surface area contributed by atoms with E-state index in [4.69, 9.17) is 32.0 Å². The molecule has 104 valence electrons. The lowest BCUT2D eigenvalue weighted by atomic mass is 10.0. The number of oxime groups is 1. The Morgan fingerprint density at radius 1 is 1.47 bits per heavy atom. The molecule has 0 unspecified atom stereocenters. The Kier molecular flexibility index (Phi) is 4.87. The molecule has 1 heterocycles. The van der Waals surface area contributed by atoms with Crippen molar-refractivity contribution >= 4 is 17.4 Å². The highest BCUT2D eigenvalue weighted by atomic mass is 35.5. The zero-order valence-corrected chi connectivity index (χ0v) is 11.3. The van der Waals surface area contributed by atoms with Crippen LogP contribution in [0.1, 0.15) is 18.4 Å². The number of nitrogens with zero attached hydrogens (tertiary/aromatic N) is 1. The molecule has 1 fully saturated rings. The molecule has 6 heteroatoms. The zero-order valence-electron chi connectivity index (χ0n) is 10.5. The summed E-state index contributed by atoms with van der Waals surface area (Å²) in [5, 5.41) is 12.0. The lowest BCUT2D eigenvalue weighted by Crippen LogP contribution is -2.21. The predicted molar refractivity (Wildman–Crippen MR) is 73.0 cm³/mol. The molecule has 1 saturated heterocycles. The Balaban J connectivity index is 1.97. The molecule has 1 aliphatic heterocycles. The summed E-state index contributed by atoms with van der Waals surface area (Å²) in [6.07, 6.45) is 2.03. The molecule has 0 saturated carbocycles. The summed E-state index contributed by atoms with van der Waals surface area (Å²) in [4.78, 5) is 0. The van der Waals surface area contributed by atoms with E-state index in [2.05, 4.69) is 5.16 Å². The monoisotopic (exact) mass is 284 g/mol. The highest BCUT2D eigenvalue weighted by Gasteiger charge is 2.15. The van der Waals surface area contributed by atoms with Gasteiger partial charge in [0.1, 0.15) is 5.75 Å². The fourth-order valence-corrected chi connectivity index (χ4v) is 2.19. The van der Waals surface area contributed by atoms with Crippen molar-refractivity contribution in [3.63, 3.8) is 0 Å². The van der Waals surface area contributed by atoms with Crippen LogP contribution in [0, 0.1) is 5.92 Å². The van der Waals surface area contributed by atoms with E-state index in [1.54, 1.807) is 18.2 Å². The number of hydrogen-bond donors (Lipinski definition) is 2. The van der Waals surface area contributed by atoms with Crippen LogP contribution < -0.4 is 10.5 Å². The summed E-state index contributed by atoms with van der Waals surface area (Å²) in [5.74, 6) is 1.15. The molecule has 2 rings (SSSR count). The lowest BCUT2D eigenvalue weighted by molar-refractivity contribution is 0.0498. The van der Waals surface area contributed by atoms with Crippen molar-refractivity contribution in [2.45, 2.75) is 12.8 Å². The van der Waals surface area contributed by atoms with E-state index in [9.17, 15) is 0 Å². The number of benzene rings is 1. The molecular formula is C13H17ClN2O3. The van der Waals surface area contributed by atoms with Crippen molar-refractivity contribution < 1.29 is 14.7 Å². The number of nitrogens with two attached hydrogens (primary N) is 1. The maximum Gasteiger partial charge on any atom is 0.170 e. The average Bonchev–Trinajstić information content (AvgIpc) is 2.46. The maximum absolute atomic E-state index is 8.60. The van der Waals surface area contributed by atoms with Crippen LogP contribution in [0.15, 0.2) is 23.4 Å². The minimum Gasteiger partial charge on any atom is -0.492 e. The van der Waals surface area contributed by atoms with Gasteiger partial charge < -0.3 is 20.4 Å². The van der Waals surface area contributed by atoms with Gasteiger partial charge in [0, 0.05) is 18.8 Å². The van der Waals surface area contributed by atoms with Gasteiger partial charge in [-0.3, -0.25) is 0 Å². The Hall–Kier alpha value is -1.46. The Morgan fingerprint density at radius 2 is 2.21 bits per heavy atom. The van der Waals surface area contributed by atoms with Crippen molar-refractivity contribution in [3.05, 3.63) is 28.8 Å². The summed E-state index contributed by atoms with van der Waals surface area (Å²) in [5.41, 5.74) is 6.05. The van der Waals surface area contributed by atoms with Crippen molar-refractivity contribution in [2.24, 2.45) is 16.8 Å². The normalized spacial score (nSPS) is 17.4. The lowest BCUT2D eigenvalue weighted by Gasteiger charge is -2.22.